The van der Waals surface area contributed by atoms with Crippen molar-refractivity contribution in [3.8, 4) is 11.5 Å². The number of piperazine rings is 1. The summed E-state index contributed by atoms with van der Waals surface area (Å²) in [4.78, 5) is 31.4. The Labute approximate surface area is 177 Å². The van der Waals surface area contributed by atoms with Crippen LogP contribution < -0.4 is 14.8 Å². The van der Waals surface area contributed by atoms with Crippen LogP contribution in [0.4, 0.5) is 5.69 Å². The first-order chi connectivity index (χ1) is 14.5. The third kappa shape index (κ3) is 5.62. The van der Waals surface area contributed by atoms with E-state index in [1.165, 1.54) is 0 Å². The Kier molecular flexibility index (Phi) is 7.89. The molecule has 0 saturated carbocycles. The van der Waals surface area contributed by atoms with Crippen LogP contribution in [0.25, 0.3) is 0 Å². The molecule has 1 aromatic carbocycles. The van der Waals surface area contributed by atoms with Crippen LogP contribution in [-0.2, 0) is 14.3 Å². The number of anilines is 1. The number of hydrogen-bond donors (Lipinski definition) is 1. The number of carbonyl (C=O) groups excluding carboxylic acids is 2. The summed E-state index contributed by atoms with van der Waals surface area (Å²) >= 11 is 0. The fourth-order valence-electron chi connectivity index (χ4n) is 3.74. The van der Waals surface area contributed by atoms with Crippen LogP contribution in [0.1, 0.15) is 6.92 Å². The molecule has 2 aliphatic heterocycles. The predicted octanol–water partition coefficient (Wildman–Crippen LogP) is 0.507. The van der Waals surface area contributed by atoms with Gasteiger partial charge in [0, 0.05) is 51.0 Å². The van der Waals surface area contributed by atoms with Crippen LogP contribution in [0.15, 0.2) is 18.2 Å². The summed E-state index contributed by atoms with van der Waals surface area (Å²) in [5.41, 5.74) is 0.656. The molecular formula is C21H32N4O5. The zero-order chi connectivity index (χ0) is 21.5. The number of nitrogens with zero attached hydrogens (tertiary/aromatic N) is 3. The van der Waals surface area contributed by atoms with E-state index in [0.717, 1.165) is 13.1 Å². The molecule has 2 saturated heterocycles. The van der Waals surface area contributed by atoms with E-state index in [1.807, 2.05) is 11.8 Å². The first-order valence-electron chi connectivity index (χ1n) is 10.4. The lowest BCUT2D eigenvalue weighted by atomic mass is 10.2. The molecule has 2 heterocycles. The van der Waals surface area contributed by atoms with Gasteiger partial charge < -0.3 is 24.4 Å². The molecule has 0 spiro atoms. The van der Waals surface area contributed by atoms with Crippen molar-refractivity contribution in [2.24, 2.45) is 0 Å². The molecule has 3 rings (SSSR count). The summed E-state index contributed by atoms with van der Waals surface area (Å²) in [5, 5.41) is 2.94. The van der Waals surface area contributed by atoms with Gasteiger partial charge in [-0.2, -0.15) is 0 Å². The van der Waals surface area contributed by atoms with Gasteiger partial charge in [-0.25, -0.2) is 0 Å². The normalized spacial score (nSPS) is 19.2. The Morgan fingerprint density at radius 2 is 1.70 bits per heavy atom. The summed E-state index contributed by atoms with van der Waals surface area (Å²) in [6.45, 7) is 7.94. The van der Waals surface area contributed by atoms with Crippen molar-refractivity contribution in [3.05, 3.63) is 18.2 Å². The number of hydrogen-bond acceptors (Lipinski definition) is 7. The van der Waals surface area contributed by atoms with Crippen LogP contribution >= 0.6 is 0 Å². The van der Waals surface area contributed by atoms with Crippen molar-refractivity contribution in [2.75, 3.05) is 78.6 Å². The molecule has 2 aliphatic rings. The highest BCUT2D eigenvalue weighted by Crippen LogP contribution is 2.29. The number of rotatable bonds is 7. The molecule has 1 unspecified atom stereocenters. The van der Waals surface area contributed by atoms with Crippen LogP contribution in [0.2, 0.25) is 0 Å². The monoisotopic (exact) mass is 420 g/mol. The van der Waals surface area contributed by atoms with Crippen LogP contribution in [0.3, 0.4) is 0 Å². The highest BCUT2D eigenvalue weighted by atomic mass is 16.5. The van der Waals surface area contributed by atoms with Gasteiger partial charge in [-0.05, 0) is 19.1 Å². The molecule has 2 fully saturated rings. The second-order valence-corrected chi connectivity index (χ2v) is 7.54. The lowest BCUT2D eigenvalue weighted by molar-refractivity contribution is -0.135. The molecule has 9 heteroatoms. The van der Waals surface area contributed by atoms with Gasteiger partial charge in [0.25, 0.3) is 0 Å². The maximum Gasteiger partial charge on any atom is 0.241 e. The minimum absolute atomic E-state index is 0.0877. The molecule has 2 amide bonds. The summed E-state index contributed by atoms with van der Waals surface area (Å²) in [5.74, 6) is 1.24. The van der Waals surface area contributed by atoms with Crippen molar-refractivity contribution in [3.63, 3.8) is 0 Å². The highest BCUT2D eigenvalue weighted by molar-refractivity contribution is 5.94. The first kappa shape index (κ1) is 22.3. The lowest BCUT2D eigenvalue weighted by Crippen LogP contribution is -2.55. The average molecular weight is 421 g/mol. The van der Waals surface area contributed by atoms with Gasteiger partial charge in [0.2, 0.25) is 11.8 Å². The molecule has 0 aliphatic carbocycles. The number of nitrogens with one attached hydrogen (secondary N) is 1. The number of benzene rings is 1. The Morgan fingerprint density at radius 1 is 1.03 bits per heavy atom. The number of methoxy groups -OCH3 is 2. The van der Waals surface area contributed by atoms with E-state index in [0.29, 0.717) is 63.1 Å². The minimum Gasteiger partial charge on any atom is -0.493 e. The zero-order valence-electron chi connectivity index (χ0n) is 18.1. The topological polar surface area (TPSA) is 83.6 Å². The van der Waals surface area contributed by atoms with Crippen molar-refractivity contribution in [1.29, 1.82) is 0 Å². The van der Waals surface area contributed by atoms with Gasteiger partial charge in [0.15, 0.2) is 11.5 Å². The summed E-state index contributed by atoms with van der Waals surface area (Å²) in [6.07, 6.45) is 0. The zero-order valence-corrected chi connectivity index (χ0v) is 18.1. The SMILES string of the molecule is COc1ccc(NC(=O)C(C)N2CCN(C(=O)CN3CCOCC3)CC2)cc1OC. The molecule has 1 N–H and O–H groups in total. The Balaban J connectivity index is 1.47. The summed E-state index contributed by atoms with van der Waals surface area (Å²) in [7, 11) is 3.13. The predicted molar refractivity (Wildman–Crippen MR) is 113 cm³/mol. The van der Waals surface area contributed by atoms with Crippen LogP contribution in [0, 0.1) is 0 Å². The highest BCUT2D eigenvalue weighted by Gasteiger charge is 2.28. The fraction of sp³-hybridized carbons (Fsp3) is 0.619. The van der Waals surface area contributed by atoms with Gasteiger partial charge in [-0.3, -0.25) is 19.4 Å². The van der Waals surface area contributed by atoms with E-state index in [4.69, 9.17) is 14.2 Å². The van der Waals surface area contributed by atoms with Crippen molar-refractivity contribution in [2.45, 2.75) is 13.0 Å². The van der Waals surface area contributed by atoms with Crippen molar-refractivity contribution < 1.29 is 23.8 Å². The third-order valence-electron chi connectivity index (χ3n) is 5.71. The van der Waals surface area contributed by atoms with E-state index < -0.39 is 0 Å². The summed E-state index contributed by atoms with van der Waals surface area (Å²) < 4.78 is 15.9. The van der Waals surface area contributed by atoms with E-state index in [1.54, 1.807) is 32.4 Å². The molecule has 9 nitrogen and oxygen atoms in total. The van der Waals surface area contributed by atoms with Crippen molar-refractivity contribution >= 4 is 17.5 Å². The number of morpholine rings is 1. The molecule has 0 bridgehead atoms. The smallest absolute Gasteiger partial charge is 0.241 e. The molecule has 0 aromatic heterocycles. The first-order valence-corrected chi connectivity index (χ1v) is 10.4. The van der Waals surface area contributed by atoms with Gasteiger partial charge in [-0.1, -0.05) is 0 Å². The average Bonchev–Trinajstić information content (AvgIpc) is 2.79. The van der Waals surface area contributed by atoms with E-state index in [2.05, 4.69) is 15.1 Å². The minimum atomic E-state index is -0.297. The Bertz CT molecular complexity index is 730. The van der Waals surface area contributed by atoms with Crippen molar-refractivity contribution in [1.82, 2.24) is 14.7 Å². The number of ether oxygens (including phenoxy) is 3. The van der Waals surface area contributed by atoms with Gasteiger partial charge in [0.1, 0.15) is 0 Å². The maximum atomic E-state index is 12.7. The van der Waals surface area contributed by atoms with Gasteiger partial charge in [0.05, 0.1) is 40.0 Å². The Hall–Kier alpha value is -2.36. The lowest BCUT2D eigenvalue weighted by Gasteiger charge is -2.38. The second-order valence-electron chi connectivity index (χ2n) is 7.54. The quantitative estimate of drug-likeness (QED) is 0.688. The van der Waals surface area contributed by atoms with E-state index in [9.17, 15) is 9.59 Å². The molecule has 30 heavy (non-hydrogen) atoms. The third-order valence-corrected chi connectivity index (χ3v) is 5.71. The second kappa shape index (κ2) is 10.6. The molecule has 1 aromatic rings. The number of amides is 2. The summed E-state index contributed by atoms with van der Waals surface area (Å²) in [6, 6.07) is 4.99. The fourth-order valence-corrected chi connectivity index (χ4v) is 3.74. The molecular weight excluding hydrogens is 388 g/mol. The van der Waals surface area contributed by atoms with Gasteiger partial charge in [-0.15, -0.1) is 0 Å². The standard InChI is InChI=1S/C21H32N4O5/c1-16(21(27)22-17-4-5-18(28-2)19(14-17)29-3)24-6-8-25(9-7-24)20(26)15-23-10-12-30-13-11-23/h4-5,14,16H,6-13,15H2,1-3H3,(H,22,27). The molecule has 166 valence electrons. The van der Waals surface area contributed by atoms with Crippen LogP contribution in [0.5, 0.6) is 11.5 Å². The maximum absolute atomic E-state index is 12.7. The van der Waals surface area contributed by atoms with Crippen LogP contribution in [-0.4, -0.2) is 106 Å². The largest absolute Gasteiger partial charge is 0.493 e. The molecule has 1 atom stereocenters. The number of carbonyl (C=O) groups is 2. The molecule has 0 radical (unpaired) electrons. The van der Waals surface area contributed by atoms with E-state index in [-0.39, 0.29) is 17.9 Å². The van der Waals surface area contributed by atoms with E-state index >= 15 is 0 Å². The van der Waals surface area contributed by atoms with Gasteiger partial charge >= 0.3 is 0 Å². The Morgan fingerprint density at radius 3 is 2.33 bits per heavy atom.